The lowest BCUT2D eigenvalue weighted by molar-refractivity contribution is -0.137. The lowest BCUT2D eigenvalue weighted by atomic mass is 10.3. The van der Waals surface area contributed by atoms with Crippen molar-refractivity contribution in [3.8, 4) is 0 Å². The maximum atomic E-state index is 12.8. The van der Waals surface area contributed by atoms with E-state index in [4.69, 9.17) is 5.11 Å². The van der Waals surface area contributed by atoms with E-state index in [0.29, 0.717) is 38.4 Å². The number of rotatable bonds is 4. The van der Waals surface area contributed by atoms with Crippen molar-refractivity contribution in [2.24, 2.45) is 0 Å². The van der Waals surface area contributed by atoms with Crippen LogP contribution in [0.3, 0.4) is 0 Å². The Morgan fingerprint density at radius 3 is 2.33 bits per heavy atom. The highest BCUT2D eigenvalue weighted by molar-refractivity contribution is 5.89. The van der Waals surface area contributed by atoms with Crippen LogP contribution >= 0.6 is 0 Å². The largest absolute Gasteiger partial charge is 0.481 e. The Morgan fingerprint density at radius 2 is 1.76 bits per heavy atom. The maximum Gasteiger partial charge on any atom is 0.321 e. The average molecular weight is 295 g/mol. The van der Waals surface area contributed by atoms with Gasteiger partial charge in [-0.25, -0.2) is 9.18 Å². The minimum atomic E-state index is -0.813. The Balaban J connectivity index is 1.77. The number of carbonyl (C=O) groups is 2. The van der Waals surface area contributed by atoms with Crippen LogP contribution in [0.25, 0.3) is 0 Å². The van der Waals surface area contributed by atoms with Crippen LogP contribution in [0.2, 0.25) is 0 Å². The fraction of sp³-hybridized carbons (Fsp3) is 0.429. The van der Waals surface area contributed by atoms with E-state index < -0.39 is 5.97 Å². The van der Waals surface area contributed by atoms with Gasteiger partial charge in [0.05, 0.1) is 6.42 Å². The number of urea groups is 1. The van der Waals surface area contributed by atoms with Crippen LogP contribution in [-0.2, 0) is 4.79 Å². The SMILES string of the molecule is O=C(O)CCN1CCN(C(=O)Nc2ccc(F)cc2)CC1. The van der Waals surface area contributed by atoms with Crippen molar-refractivity contribution in [3.05, 3.63) is 30.1 Å². The first-order chi connectivity index (χ1) is 10.0. The fourth-order valence-electron chi connectivity index (χ4n) is 2.16. The van der Waals surface area contributed by atoms with Gasteiger partial charge in [0.1, 0.15) is 5.82 Å². The molecule has 0 aromatic heterocycles. The smallest absolute Gasteiger partial charge is 0.321 e. The molecule has 0 saturated carbocycles. The van der Waals surface area contributed by atoms with Crippen molar-refractivity contribution in [1.29, 1.82) is 0 Å². The third kappa shape index (κ3) is 4.71. The molecule has 1 aliphatic heterocycles. The number of hydrogen-bond donors (Lipinski definition) is 2. The number of benzene rings is 1. The lowest BCUT2D eigenvalue weighted by Crippen LogP contribution is -2.50. The molecule has 1 fully saturated rings. The van der Waals surface area contributed by atoms with E-state index >= 15 is 0 Å². The number of halogens is 1. The highest BCUT2D eigenvalue weighted by Crippen LogP contribution is 2.10. The molecule has 0 unspecified atom stereocenters. The number of amides is 2. The van der Waals surface area contributed by atoms with Crippen molar-refractivity contribution in [3.63, 3.8) is 0 Å². The molecular weight excluding hydrogens is 277 g/mol. The number of anilines is 1. The first-order valence-corrected chi connectivity index (χ1v) is 6.80. The number of nitrogens with one attached hydrogen (secondary N) is 1. The molecule has 1 heterocycles. The molecule has 1 aromatic carbocycles. The summed E-state index contributed by atoms with van der Waals surface area (Å²) in [6, 6.07) is 5.38. The summed E-state index contributed by atoms with van der Waals surface area (Å²) in [5, 5.41) is 11.4. The quantitative estimate of drug-likeness (QED) is 0.882. The van der Waals surface area contributed by atoms with Crippen molar-refractivity contribution in [2.45, 2.75) is 6.42 Å². The summed E-state index contributed by atoms with van der Waals surface area (Å²) in [6.07, 6.45) is 0.113. The Labute approximate surface area is 122 Å². The van der Waals surface area contributed by atoms with Crippen molar-refractivity contribution in [2.75, 3.05) is 38.0 Å². The highest BCUT2D eigenvalue weighted by atomic mass is 19.1. The molecule has 2 amide bonds. The molecule has 1 aromatic rings. The number of carboxylic acid groups (broad SMARTS) is 1. The molecular formula is C14H18FN3O3. The number of hydrogen-bond acceptors (Lipinski definition) is 3. The Bertz CT molecular complexity index is 499. The zero-order chi connectivity index (χ0) is 15.2. The van der Waals surface area contributed by atoms with Crippen LogP contribution in [0.15, 0.2) is 24.3 Å². The molecule has 0 atom stereocenters. The Morgan fingerprint density at radius 1 is 1.14 bits per heavy atom. The van der Waals surface area contributed by atoms with Gasteiger partial charge >= 0.3 is 12.0 Å². The van der Waals surface area contributed by atoms with Gasteiger partial charge < -0.3 is 15.3 Å². The van der Waals surface area contributed by atoms with E-state index in [0.717, 1.165) is 0 Å². The van der Waals surface area contributed by atoms with Crippen LogP contribution in [0.1, 0.15) is 6.42 Å². The predicted octanol–water partition coefficient (Wildman–Crippen LogP) is 1.45. The van der Waals surface area contributed by atoms with Crippen molar-refractivity contribution < 1.29 is 19.1 Å². The average Bonchev–Trinajstić information content (AvgIpc) is 2.48. The molecule has 7 heteroatoms. The third-order valence-electron chi connectivity index (χ3n) is 3.40. The van der Waals surface area contributed by atoms with Crippen LogP contribution in [0.5, 0.6) is 0 Å². The summed E-state index contributed by atoms with van der Waals surface area (Å²) >= 11 is 0. The molecule has 0 spiro atoms. The highest BCUT2D eigenvalue weighted by Gasteiger charge is 2.21. The second-order valence-corrected chi connectivity index (χ2v) is 4.91. The van der Waals surface area contributed by atoms with Crippen LogP contribution < -0.4 is 5.32 Å². The van der Waals surface area contributed by atoms with Gasteiger partial charge in [-0.05, 0) is 24.3 Å². The van der Waals surface area contributed by atoms with Crippen LogP contribution in [0.4, 0.5) is 14.9 Å². The Kier molecular flexibility index (Phi) is 5.10. The summed E-state index contributed by atoms with van der Waals surface area (Å²) in [5.74, 6) is -1.16. The van der Waals surface area contributed by atoms with Gasteiger partial charge in [0, 0.05) is 38.4 Å². The van der Waals surface area contributed by atoms with Gasteiger partial charge in [-0.3, -0.25) is 9.69 Å². The van der Waals surface area contributed by atoms with E-state index in [9.17, 15) is 14.0 Å². The molecule has 2 N–H and O–H groups in total. The van der Waals surface area contributed by atoms with E-state index in [1.54, 1.807) is 4.90 Å². The van der Waals surface area contributed by atoms with Gasteiger partial charge in [0.25, 0.3) is 0 Å². The minimum Gasteiger partial charge on any atom is -0.481 e. The predicted molar refractivity (Wildman–Crippen MR) is 75.7 cm³/mol. The summed E-state index contributed by atoms with van der Waals surface area (Å²) in [6.45, 7) is 2.91. The van der Waals surface area contributed by atoms with Crippen LogP contribution in [-0.4, -0.2) is 59.6 Å². The van der Waals surface area contributed by atoms with Crippen molar-refractivity contribution in [1.82, 2.24) is 9.80 Å². The maximum absolute atomic E-state index is 12.8. The van der Waals surface area contributed by atoms with Gasteiger partial charge in [-0.2, -0.15) is 0 Å². The molecule has 0 aliphatic carbocycles. The standard InChI is InChI=1S/C14H18FN3O3/c15-11-1-3-12(4-2-11)16-14(21)18-9-7-17(8-10-18)6-5-13(19)20/h1-4H,5-10H2,(H,16,21)(H,19,20). The minimum absolute atomic E-state index is 0.113. The van der Waals surface area contributed by atoms with Crippen molar-refractivity contribution >= 4 is 17.7 Å². The number of aliphatic carboxylic acids is 1. The molecule has 21 heavy (non-hydrogen) atoms. The zero-order valence-corrected chi connectivity index (χ0v) is 11.6. The third-order valence-corrected chi connectivity index (χ3v) is 3.40. The fourth-order valence-corrected chi connectivity index (χ4v) is 2.16. The molecule has 2 rings (SSSR count). The van der Waals surface area contributed by atoms with E-state index in [1.807, 2.05) is 4.90 Å². The number of piperazine rings is 1. The second-order valence-electron chi connectivity index (χ2n) is 4.91. The van der Waals surface area contributed by atoms with Gasteiger partial charge in [0.15, 0.2) is 0 Å². The van der Waals surface area contributed by atoms with Gasteiger partial charge in [-0.15, -0.1) is 0 Å². The first kappa shape index (κ1) is 15.2. The topological polar surface area (TPSA) is 72.9 Å². The van der Waals surface area contributed by atoms with Crippen LogP contribution in [0, 0.1) is 5.82 Å². The summed E-state index contributed by atoms with van der Waals surface area (Å²) < 4.78 is 12.8. The molecule has 114 valence electrons. The molecule has 0 radical (unpaired) electrons. The number of carboxylic acids is 1. The molecule has 1 saturated heterocycles. The summed E-state index contributed by atoms with van der Waals surface area (Å²) in [5.41, 5.74) is 0.551. The number of nitrogens with zero attached hydrogens (tertiary/aromatic N) is 2. The normalized spacial score (nSPS) is 15.8. The molecule has 0 bridgehead atoms. The zero-order valence-electron chi connectivity index (χ0n) is 11.6. The second kappa shape index (κ2) is 7.03. The molecule has 1 aliphatic rings. The summed E-state index contributed by atoms with van der Waals surface area (Å²) in [7, 11) is 0. The first-order valence-electron chi connectivity index (χ1n) is 6.80. The summed E-state index contributed by atoms with van der Waals surface area (Å²) in [4.78, 5) is 26.2. The van der Waals surface area contributed by atoms with E-state index in [2.05, 4.69) is 5.32 Å². The van der Waals surface area contributed by atoms with E-state index in [1.165, 1.54) is 24.3 Å². The van der Waals surface area contributed by atoms with Gasteiger partial charge in [-0.1, -0.05) is 0 Å². The lowest BCUT2D eigenvalue weighted by Gasteiger charge is -2.34. The monoisotopic (exact) mass is 295 g/mol. The number of carbonyl (C=O) groups excluding carboxylic acids is 1. The molecule has 6 nitrogen and oxygen atoms in total. The van der Waals surface area contributed by atoms with Gasteiger partial charge in [0.2, 0.25) is 0 Å². The Hall–Kier alpha value is -2.15. The van der Waals surface area contributed by atoms with E-state index in [-0.39, 0.29) is 18.3 Å².